The number of aryl methyl sites for hydroxylation is 1. The number of aromatic nitrogens is 2. The van der Waals surface area contributed by atoms with Gasteiger partial charge in [-0.3, -0.25) is 9.48 Å². The van der Waals surface area contributed by atoms with Crippen LogP contribution in [0, 0.1) is 0 Å². The first-order valence-electron chi connectivity index (χ1n) is 4.96. The topological polar surface area (TPSA) is 55.1 Å². The number of nitrogens with zero attached hydrogens (tertiary/aromatic N) is 2. The third-order valence-corrected chi connectivity index (χ3v) is 2.30. The fourth-order valence-corrected chi connectivity index (χ4v) is 1.45. The molecule has 4 heteroatoms. The molecule has 4 nitrogen and oxygen atoms in total. The smallest absolute Gasteiger partial charge is 0.187 e. The van der Waals surface area contributed by atoms with Crippen molar-refractivity contribution in [1.29, 1.82) is 0 Å². The van der Waals surface area contributed by atoms with Crippen LogP contribution in [-0.2, 0) is 13.5 Å². The van der Waals surface area contributed by atoms with Gasteiger partial charge in [0.2, 0.25) is 0 Å². The third kappa shape index (κ3) is 2.28. The zero-order valence-electron chi connectivity index (χ0n) is 8.92. The highest BCUT2D eigenvalue weighted by Gasteiger charge is 2.09. The van der Waals surface area contributed by atoms with Gasteiger partial charge in [-0.1, -0.05) is 12.1 Å². The Bertz CT molecular complexity index is 500. The molecule has 0 aliphatic rings. The van der Waals surface area contributed by atoms with E-state index in [1.165, 1.54) is 0 Å². The molecule has 82 valence electrons. The van der Waals surface area contributed by atoms with E-state index in [9.17, 15) is 4.79 Å². The molecule has 1 N–H and O–H groups in total. The molecule has 0 spiro atoms. The van der Waals surface area contributed by atoms with E-state index in [-0.39, 0.29) is 11.5 Å². The maximum absolute atomic E-state index is 11.8. The van der Waals surface area contributed by atoms with Gasteiger partial charge in [0.1, 0.15) is 11.4 Å². The molecule has 1 heterocycles. The van der Waals surface area contributed by atoms with Crippen molar-refractivity contribution < 1.29 is 9.90 Å². The lowest BCUT2D eigenvalue weighted by molar-refractivity contribution is 0.0987. The number of phenolic OH excluding ortho intramolecular Hbond substituents is 1. The van der Waals surface area contributed by atoms with Crippen LogP contribution in [0.5, 0.6) is 5.75 Å². The number of rotatable bonds is 3. The number of hydrogen-bond donors (Lipinski definition) is 1. The normalized spacial score (nSPS) is 10.3. The van der Waals surface area contributed by atoms with Gasteiger partial charge in [-0.05, 0) is 23.8 Å². The third-order valence-electron chi connectivity index (χ3n) is 2.30. The number of aromatic hydroxyl groups is 1. The van der Waals surface area contributed by atoms with Crippen molar-refractivity contribution in [2.45, 2.75) is 6.42 Å². The maximum atomic E-state index is 11.8. The Labute approximate surface area is 93.1 Å². The zero-order chi connectivity index (χ0) is 11.5. The highest BCUT2D eigenvalue weighted by molar-refractivity contribution is 5.95. The van der Waals surface area contributed by atoms with Crippen LogP contribution < -0.4 is 0 Å². The average Bonchev–Trinajstić information content (AvgIpc) is 2.68. The SMILES string of the molecule is Cn1ccc(C(=O)Cc2ccc(O)cc2)n1. The molecule has 0 unspecified atom stereocenters. The predicted octanol–water partition coefficient (Wildman–Crippen LogP) is 1.55. The van der Waals surface area contributed by atoms with Crippen LogP contribution in [0.2, 0.25) is 0 Å². The summed E-state index contributed by atoms with van der Waals surface area (Å²) in [6.07, 6.45) is 2.04. The first-order chi connectivity index (χ1) is 7.65. The maximum Gasteiger partial charge on any atom is 0.187 e. The summed E-state index contributed by atoms with van der Waals surface area (Å²) >= 11 is 0. The molecule has 1 aromatic carbocycles. The van der Waals surface area contributed by atoms with Crippen LogP contribution in [0.3, 0.4) is 0 Å². The molecule has 2 aromatic rings. The average molecular weight is 216 g/mol. The number of carbonyl (C=O) groups is 1. The van der Waals surface area contributed by atoms with Crippen LogP contribution in [0.1, 0.15) is 16.1 Å². The molecule has 0 atom stereocenters. The van der Waals surface area contributed by atoms with E-state index >= 15 is 0 Å². The van der Waals surface area contributed by atoms with Gasteiger partial charge >= 0.3 is 0 Å². The Morgan fingerprint density at radius 3 is 2.56 bits per heavy atom. The minimum absolute atomic E-state index is 0.0220. The predicted molar refractivity (Wildman–Crippen MR) is 59.3 cm³/mol. The molecule has 16 heavy (non-hydrogen) atoms. The molecule has 0 radical (unpaired) electrons. The summed E-state index contributed by atoms with van der Waals surface area (Å²) in [5.74, 6) is 0.181. The van der Waals surface area contributed by atoms with E-state index < -0.39 is 0 Å². The summed E-state index contributed by atoms with van der Waals surface area (Å²) in [7, 11) is 1.78. The highest BCUT2D eigenvalue weighted by Crippen LogP contribution is 2.11. The van der Waals surface area contributed by atoms with Crippen LogP contribution in [0.15, 0.2) is 36.5 Å². The monoisotopic (exact) mass is 216 g/mol. The lowest BCUT2D eigenvalue weighted by Crippen LogP contribution is -2.05. The van der Waals surface area contributed by atoms with Crippen molar-refractivity contribution >= 4 is 5.78 Å². The van der Waals surface area contributed by atoms with Crippen LogP contribution in [0.25, 0.3) is 0 Å². The molecule has 0 aliphatic carbocycles. The first-order valence-corrected chi connectivity index (χ1v) is 4.96. The van der Waals surface area contributed by atoms with Crippen molar-refractivity contribution in [3.05, 3.63) is 47.8 Å². The van der Waals surface area contributed by atoms with E-state index in [0.29, 0.717) is 12.1 Å². The van der Waals surface area contributed by atoms with E-state index in [1.807, 2.05) is 0 Å². The molecule has 0 amide bonds. The largest absolute Gasteiger partial charge is 0.508 e. The minimum atomic E-state index is -0.0220. The standard InChI is InChI=1S/C12H12N2O2/c1-14-7-6-11(13-14)12(16)8-9-2-4-10(15)5-3-9/h2-7,15H,8H2,1H3. The Kier molecular flexibility index (Phi) is 2.72. The van der Waals surface area contributed by atoms with Crippen LogP contribution >= 0.6 is 0 Å². The van der Waals surface area contributed by atoms with Crippen molar-refractivity contribution in [3.63, 3.8) is 0 Å². The van der Waals surface area contributed by atoms with Gasteiger partial charge in [0.15, 0.2) is 5.78 Å². The van der Waals surface area contributed by atoms with Gasteiger partial charge < -0.3 is 5.11 Å². The molecular weight excluding hydrogens is 204 g/mol. The summed E-state index contributed by atoms with van der Waals surface area (Å²) in [6, 6.07) is 8.30. The lowest BCUT2D eigenvalue weighted by atomic mass is 10.1. The number of benzene rings is 1. The fourth-order valence-electron chi connectivity index (χ4n) is 1.45. The fraction of sp³-hybridized carbons (Fsp3) is 0.167. The Morgan fingerprint density at radius 1 is 1.31 bits per heavy atom. The number of hydrogen-bond acceptors (Lipinski definition) is 3. The van der Waals surface area contributed by atoms with Crippen molar-refractivity contribution in [1.82, 2.24) is 9.78 Å². The van der Waals surface area contributed by atoms with Gasteiger partial charge in [-0.2, -0.15) is 5.10 Å². The number of ketones is 1. The van der Waals surface area contributed by atoms with Gasteiger partial charge in [0, 0.05) is 19.7 Å². The van der Waals surface area contributed by atoms with Gasteiger partial charge in [0.25, 0.3) is 0 Å². The lowest BCUT2D eigenvalue weighted by Gasteiger charge is -1.99. The molecule has 2 rings (SSSR count). The summed E-state index contributed by atoms with van der Waals surface area (Å²) in [4.78, 5) is 11.8. The number of phenols is 1. The molecule has 1 aromatic heterocycles. The molecule has 0 bridgehead atoms. The number of Topliss-reactive ketones (excluding diaryl/α,β-unsaturated/α-hetero) is 1. The second-order valence-corrected chi connectivity index (χ2v) is 3.64. The van der Waals surface area contributed by atoms with Crippen molar-refractivity contribution in [3.8, 4) is 5.75 Å². The Balaban J connectivity index is 2.10. The van der Waals surface area contributed by atoms with Crippen molar-refractivity contribution in [2.75, 3.05) is 0 Å². The Hall–Kier alpha value is -2.10. The quantitative estimate of drug-likeness (QED) is 0.792. The molecule has 0 aliphatic heterocycles. The second kappa shape index (κ2) is 4.18. The summed E-state index contributed by atoms with van der Waals surface area (Å²) < 4.78 is 1.60. The first kappa shape index (κ1) is 10.4. The van der Waals surface area contributed by atoms with E-state index in [1.54, 1.807) is 48.3 Å². The molecule has 0 saturated heterocycles. The van der Waals surface area contributed by atoms with Gasteiger partial charge in [-0.25, -0.2) is 0 Å². The zero-order valence-corrected chi connectivity index (χ0v) is 8.92. The summed E-state index contributed by atoms with van der Waals surface area (Å²) in [6.45, 7) is 0. The molecule has 0 saturated carbocycles. The summed E-state index contributed by atoms with van der Waals surface area (Å²) in [5.41, 5.74) is 1.34. The Morgan fingerprint density at radius 2 is 2.00 bits per heavy atom. The molecule has 0 fully saturated rings. The van der Waals surface area contributed by atoms with E-state index in [4.69, 9.17) is 5.11 Å². The highest BCUT2D eigenvalue weighted by atomic mass is 16.3. The van der Waals surface area contributed by atoms with Gasteiger partial charge in [0.05, 0.1) is 0 Å². The van der Waals surface area contributed by atoms with E-state index in [0.717, 1.165) is 5.56 Å². The van der Waals surface area contributed by atoms with Gasteiger partial charge in [-0.15, -0.1) is 0 Å². The van der Waals surface area contributed by atoms with Crippen LogP contribution in [-0.4, -0.2) is 20.7 Å². The van der Waals surface area contributed by atoms with E-state index in [2.05, 4.69) is 5.10 Å². The van der Waals surface area contributed by atoms with Crippen LogP contribution in [0.4, 0.5) is 0 Å². The second-order valence-electron chi connectivity index (χ2n) is 3.64. The number of carbonyl (C=O) groups excluding carboxylic acids is 1. The molecular formula is C12H12N2O2. The summed E-state index contributed by atoms with van der Waals surface area (Å²) in [5, 5.41) is 13.2. The van der Waals surface area contributed by atoms with Crippen molar-refractivity contribution in [2.24, 2.45) is 7.05 Å². The minimum Gasteiger partial charge on any atom is -0.508 e.